The van der Waals surface area contributed by atoms with E-state index in [2.05, 4.69) is 95.1 Å². The summed E-state index contributed by atoms with van der Waals surface area (Å²) in [5.74, 6) is -0.524. The van der Waals surface area contributed by atoms with E-state index in [0.29, 0.717) is 32.2 Å². The van der Waals surface area contributed by atoms with E-state index >= 15 is 0 Å². The average Bonchev–Trinajstić information content (AvgIpc) is 3.22. The first kappa shape index (κ1) is 38.6. The third kappa shape index (κ3) is 11.4. The van der Waals surface area contributed by atoms with Gasteiger partial charge in [0, 0.05) is 51.0 Å². The minimum absolute atomic E-state index is 0.00691. The molecule has 0 aromatic heterocycles. The molecule has 0 aliphatic carbocycles. The van der Waals surface area contributed by atoms with E-state index in [4.69, 9.17) is 14.7 Å². The van der Waals surface area contributed by atoms with E-state index < -0.39 is 12.2 Å². The van der Waals surface area contributed by atoms with Gasteiger partial charge in [0.1, 0.15) is 0 Å². The van der Waals surface area contributed by atoms with Crippen LogP contribution in [0.3, 0.4) is 0 Å². The molecule has 1 heterocycles. The average molecular weight is 728 g/mol. The Hall–Kier alpha value is -5.16. The fraction of sp³-hybridized carbons (Fsp3) is 0.289. The summed E-state index contributed by atoms with van der Waals surface area (Å²) in [5.41, 5.74) is 10.0. The molecule has 1 saturated heterocycles. The van der Waals surface area contributed by atoms with Crippen LogP contribution < -0.4 is 10.8 Å². The van der Waals surface area contributed by atoms with E-state index in [-0.39, 0.29) is 31.1 Å². The highest BCUT2D eigenvalue weighted by atomic mass is 16.7. The Bertz CT molecular complexity index is 1860. The number of nitrogens with zero attached hydrogens (tertiary/aromatic N) is 1. The molecule has 0 spiro atoms. The van der Waals surface area contributed by atoms with Crippen LogP contribution in [0.5, 0.6) is 0 Å². The van der Waals surface area contributed by atoms with Crippen molar-refractivity contribution < 1.29 is 29.4 Å². The van der Waals surface area contributed by atoms with Crippen LogP contribution in [0.4, 0.5) is 0 Å². The molecule has 9 heteroatoms. The first-order valence-corrected chi connectivity index (χ1v) is 18.7. The number of aliphatic hydroxyl groups excluding tert-OH is 1. The summed E-state index contributed by atoms with van der Waals surface area (Å²) >= 11 is 0. The normalized spacial score (nSPS) is 16.9. The van der Waals surface area contributed by atoms with Gasteiger partial charge in [0.2, 0.25) is 11.8 Å². The van der Waals surface area contributed by atoms with Gasteiger partial charge in [-0.15, -0.1) is 0 Å². The van der Waals surface area contributed by atoms with Crippen molar-refractivity contribution in [2.45, 2.75) is 76.8 Å². The van der Waals surface area contributed by atoms with Crippen LogP contribution in [-0.4, -0.2) is 39.7 Å². The first-order valence-electron chi connectivity index (χ1n) is 18.7. The van der Waals surface area contributed by atoms with Crippen LogP contribution >= 0.6 is 0 Å². The third-order valence-corrected chi connectivity index (χ3v) is 9.69. The van der Waals surface area contributed by atoms with E-state index in [0.717, 1.165) is 53.0 Å². The van der Waals surface area contributed by atoms with Crippen molar-refractivity contribution >= 4 is 11.8 Å². The first-order chi connectivity index (χ1) is 26.4. The topological polar surface area (TPSA) is 120 Å². The van der Waals surface area contributed by atoms with Crippen molar-refractivity contribution in [3.63, 3.8) is 0 Å². The number of ether oxygens (including phenoxy) is 2. The van der Waals surface area contributed by atoms with Crippen LogP contribution in [0.2, 0.25) is 0 Å². The Labute approximate surface area is 317 Å². The fourth-order valence-electron chi connectivity index (χ4n) is 6.80. The molecular formula is C45H49N3O6. The Balaban J connectivity index is 1.15. The smallest absolute Gasteiger partial charge is 0.243 e. The second-order valence-corrected chi connectivity index (χ2v) is 13.8. The Kier molecular flexibility index (Phi) is 14.1. The van der Waals surface area contributed by atoms with Gasteiger partial charge in [0.05, 0.1) is 18.8 Å². The molecule has 4 N–H and O–H groups in total. The van der Waals surface area contributed by atoms with E-state index in [9.17, 15) is 14.7 Å². The molecule has 9 nitrogen and oxygen atoms in total. The van der Waals surface area contributed by atoms with Gasteiger partial charge in [0.25, 0.3) is 0 Å². The molecule has 5 aromatic rings. The molecule has 3 atom stereocenters. The lowest BCUT2D eigenvalue weighted by Gasteiger charge is -2.38. The molecule has 280 valence electrons. The number of amides is 2. The molecular weight excluding hydrogens is 679 g/mol. The number of unbranched alkanes of at least 4 members (excludes halogenated alkanes) is 1. The standard InChI is InChI=1S/C45H49N3O6/c49-32-35-18-20-38(21-19-35)42-27-41(31-48(29-33-10-3-1-4-11-33)30-34-12-5-2-6-13-34)53-45(54-42)39-24-22-37(23-25-39)40-15-9-14-36(26-40)28-46-43(50)16-7-8-17-44(51)47-52/h1-6,9-15,18-26,41-42,45,49,52H,7-8,16-17,27-32H2,(H,46,50)(H,47,51)/t41-,42+,45+/m0/s1. The van der Waals surface area contributed by atoms with Crippen LogP contribution in [0.1, 0.15) is 77.9 Å². The minimum Gasteiger partial charge on any atom is -0.392 e. The predicted molar refractivity (Wildman–Crippen MR) is 208 cm³/mol. The number of rotatable bonds is 17. The molecule has 0 saturated carbocycles. The lowest BCUT2D eigenvalue weighted by Crippen LogP contribution is -2.39. The van der Waals surface area contributed by atoms with Gasteiger partial charge in [-0.25, -0.2) is 5.48 Å². The Morgan fingerprint density at radius 2 is 1.26 bits per heavy atom. The fourth-order valence-corrected chi connectivity index (χ4v) is 6.80. The zero-order chi connectivity index (χ0) is 37.5. The summed E-state index contributed by atoms with van der Waals surface area (Å²) < 4.78 is 13.4. The second-order valence-electron chi connectivity index (χ2n) is 13.8. The van der Waals surface area contributed by atoms with E-state index in [1.54, 1.807) is 5.48 Å². The summed E-state index contributed by atoms with van der Waals surface area (Å²) in [4.78, 5) is 26.0. The van der Waals surface area contributed by atoms with Gasteiger partial charge in [-0.3, -0.25) is 19.7 Å². The van der Waals surface area contributed by atoms with E-state index in [1.807, 2.05) is 48.5 Å². The maximum absolute atomic E-state index is 12.4. The Morgan fingerprint density at radius 1 is 0.648 bits per heavy atom. The molecule has 1 fully saturated rings. The van der Waals surface area contributed by atoms with Crippen molar-refractivity contribution in [3.8, 4) is 11.1 Å². The van der Waals surface area contributed by atoms with Crippen molar-refractivity contribution in [3.05, 3.63) is 167 Å². The molecule has 0 radical (unpaired) electrons. The lowest BCUT2D eigenvalue weighted by molar-refractivity contribution is -0.253. The summed E-state index contributed by atoms with van der Waals surface area (Å²) in [6, 6.07) is 45.4. The van der Waals surface area contributed by atoms with Gasteiger partial charge in [0.15, 0.2) is 6.29 Å². The maximum Gasteiger partial charge on any atom is 0.243 e. The zero-order valence-corrected chi connectivity index (χ0v) is 30.5. The molecule has 1 aliphatic heterocycles. The van der Waals surface area contributed by atoms with Gasteiger partial charge < -0.3 is 19.9 Å². The number of aliphatic hydroxyl groups is 1. The van der Waals surface area contributed by atoms with Crippen molar-refractivity contribution in [2.24, 2.45) is 0 Å². The van der Waals surface area contributed by atoms with Crippen LogP contribution in [0, 0.1) is 0 Å². The Morgan fingerprint density at radius 3 is 1.89 bits per heavy atom. The molecule has 2 amide bonds. The van der Waals surface area contributed by atoms with Gasteiger partial charge in [-0.2, -0.15) is 0 Å². The quantitative estimate of drug-likeness (QED) is 0.0439. The molecule has 6 rings (SSSR count). The summed E-state index contributed by atoms with van der Waals surface area (Å²) in [5, 5.41) is 21.2. The van der Waals surface area contributed by atoms with Crippen LogP contribution in [0.15, 0.2) is 133 Å². The third-order valence-electron chi connectivity index (χ3n) is 9.69. The molecule has 5 aromatic carbocycles. The van der Waals surface area contributed by atoms with Crippen molar-refractivity contribution in [1.82, 2.24) is 15.7 Å². The minimum atomic E-state index is -0.574. The highest BCUT2D eigenvalue weighted by molar-refractivity contribution is 5.76. The number of hydrogen-bond acceptors (Lipinski definition) is 7. The van der Waals surface area contributed by atoms with Crippen molar-refractivity contribution in [2.75, 3.05) is 6.54 Å². The molecule has 0 bridgehead atoms. The highest BCUT2D eigenvalue weighted by Crippen LogP contribution is 2.39. The largest absolute Gasteiger partial charge is 0.392 e. The van der Waals surface area contributed by atoms with E-state index in [1.165, 1.54) is 11.1 Å². The zero-order valence-electron chi connectivity index (χ0n) is 30.5. The van der Waals surface area contributed by atoms with Crippen LogP contribution in [0.25, 0.3) is 11.1 Å². The molecule has 54 heavy (non-hydrogen) atoms. The maximum atomic E-state index is 12.4. The number of nitrogens with one attached hydrogen (secondary N) is 2. The number of benzene rings is 5. The summed E-state index contributed by atoms with van der Waals surface area (Å²) in [6.07, 6.45) is 1.42. The van der Waals surface area contributed by atoms with Crippen molar-refractivity contribution in [1.29, 1.82) is 0 Å². The molecule has 1 aliphatic rings. The number of carbonyl (C=O) groups excluding carboxylic acids is 2. The summed E-state index contributed by atoms with van der Waals surface area (Å²) in [6.45, 7) is 2.70. The van der Waals surface area contributed by atoms with Gasteiger partial charge in [-0.05, 0) is 57.9 Å². The summed E-state index contributed by atoms with van der Waals surface area (Å²) in [7, 11) is 0. The SMILES string of the molecule is O=C(CCCCC(=O)NCc1cccc(-c2ccc([C@@H]3O[C@H](CN(Cc4ccccc4)Cc4ccccc4)C[C@H](c4ccc(CO)cc4)O3)cc2)c1)NO. The van der Waals surface area contributed by atoms with Crippen LogP contribution in [-0.2, 0) is 45.3 Å². The number of carbonyl (C=O) groups is 2. The predicted octanol–water partition coefficient (Wildman–Crippen LogP) is 7.78. The number of hydroxylamine groups is 1. The highest BCUT2D eigenvalue weighted by Gasteiger charge is 2.33. The van der Waals surface area contributed by atoms with Gasteiger partial charge >= 0.3 is 0 Å². The lowest BCUT2D eigenvalue weighted by atomic mass is 9.98. The number of hydrogen-bond donors (Lipinski definition) is 4. The second kappa shape index (κ2) is 19.8. The molecule has 0 unspecified atom stereocenters. The monoisotopic (exact) mass is 727 g/mol. The van der Waals surface area contributed by atoms with Gasteiger partial charge in [-0.1, -0.05) is 127 Å².